The Morgan fingerprint density at radius 2 is 2.15 bits per heavy atom. The van der Waals surface area contributed by atoms with E-state index >= 15 is 0 Å². The van der Waals surface area contributed by atoms with Gasteiger partial charge in [0, 0.05) is 17.7 Å². The van der Waals surface area contributed by atoms with E-state index in [0.717, 1.165) is 29.1 Å². The van der Waals surface area contributed by atoms with Crippen molar-refractivity contribution in [1.29, 1.82) is 0 Å². The third kappa shape index (κ3) is 0.729. The second-order valence-electron chi connectivity index (χ2n) is 2.99. The number of nitrogen functional groups attached to an aromatic ring is 1. The highest BCUT2D eigenvalue weighted by atomic mass is 15.0. The number of anilines is 1. The summed E-state index contributed by atoms with van der Waals surface area (Å²) in [7, 11) is 0. The summed E-state index contributed by atoms with van der Waals surface area (Å²) in [6.45, 7) is 0. The predicted octanol–water partition coefficient (Wildman–Crippen LogP) is 0.353. The van der Waals surface area contributed by atoms with E-state index in [4.69, 9.17) is 5.73 Å². The van der Waals surface area contributed by atoms with Crippen LogP contribution in [-0.2, 0) is 6.42 Å². The lowest BCUT2D eigenvalue weighted by Gasteiger charge is -1.99. The third-order valence-corrected chi connectivity index (χ3v) is 2.27. The molecule has 0 bridgehead atoms. The Balaban J connectivity index is 2.34. The number of fused-ring (bicyclic) bond motifs is 3. The average molecular weight is 173 g/mol. The quantitative estimate of drug-likeness (QED) is 0.514. The largest absolute Gasteiger partial charge is 0.383 e. The minimum absolute atomic E-state index is 0.552. The van der Waals surface area contributed by atoms with Crippen LogP contribution in [0.3, 0.4) is 0 Å². The highest BCUT2D eigenvalue weighted by molar-refractivity contribution is 5.72. The first-order chi connectivity index (χ1) is 6.36. The molecule has 3 rings (SSSR count). The Labute approximate surface area is 74.1 Å². The van der Waals surface area contributed by atoms with Gasteiger partial charge < -0.3 is 10.7 Å². The van der Waals surface area contributed by atoms with E-state index in [0.29, 0.717) is 5.82 Å². The minimum Gasteiger partial charge on any atom is -0.383 e. The molecule has 5 heteroatoms. The second-order valence-corrected chi connectivity index (χ2v) is 2.99. The summed E-state index contributed by atoms with van der Waals surface area (Å²) in [6, 6.07) is 0. The Bertz CT molecular complexity index is 473. The molecule has 0 saturated heterocycles. The van der Waals surface area contributed by atoms with Gasteiger partial charge in [0.15, 0.2) is 0 Å². The molecule has 2 aromatic rings. The number of rotatable bonds is 0. The fraction of sp³-hybridized carbons (Fsp3) is 0.125. The normalized spacial score (nSPS) is 12.6. The van der Waals surface area contributed by atoms with Crippen LogP contribution in [0.1, 0.15) is 11.3 Å². The maximum absolute atomic E-state index is 5.72. The SMILES string of the molecule is Nc1ncnc2c1Cc1[nH]cnc1-2. The van der Waals surface area contributed by atoms with Crippen LogP contribution in [0, 0.1) is 0 Å². The van der Waals surface area contributed by atoms with E-state index in [-0.39, 0.29) is 0 Å². The van der Waals surface area contributed by atoms with Crippen molar-refractivity contribution >= 4 is 5.82 Å². The second kappa shape index (κ2) is 2.07. The lowest BCUT2D eigenvalue weighted by Crippen LogP contribution is -1.98. The van der Waals surface area contributed by atoms with Crippen LogP contribution < -0.4 is 5.73 Å². The van der Waals surface area contributed by atoms with Gasteiger partial charge in [0.2, 0.25) is 0 Å². The number of aromatic nitrogens is 4. The van der Waals surface area contributed by atoms with Gasteiger partial charge in [-0.2, -0.15) is 0 Å². The van der Waals surface area contributed by atoms with E-state index in [1.54, 1.807) is 6.33 Å². The van der Waals surface area contributed by atoms with E-state index < -0.39 is 0 Å². The zero-order chi connectivity index (χ0) is 8.84. The van der Waals surface area contributed by atoms with Crippen molar-refractivity contribution in [1.82, 2.24) is 19.9 Å². The molecule has 0 saturated carbocycles. The number of aromatic amines is 1. The maximum atomic E-state index is 5.72. The number of hydrogen-bond acceptors (Lipinski definition) is 4. The first-order valence-corrected chi connectivity index (χ1v) is 3.98. The van der Waals surface area contributed by atoms with Crippen molar-refractivity contribution in [3.05, 3.63) is 23.9 Å². The molecule has 64 valence electrons. The molecule has 0 spiro atoms. The standard InChI is InChI=1S/C8H7N5/c9-8-4-1-5-7(12-2-10-5)6(4)11-3-13-8/h2-3H,1H2,(H,10,12)(H2,9,11,13). The monoisotopic (exact) mass is 173 g/mol. The Morgan fingerprint density at radius 3 is 3.08 bits per heavy atom. The van der Waals surface area contributed by atoms with Gasteiger partial charge in [-0.1, -0.05) is 0 Å². The summed E-state index contributed by atoms with van der Waals surface area (Å²) >= 11 is 0. The van der Waals surface area contributed by atoms with Crippen molar-refractivity contribution in [2.75, 3.05) is 5.73 Å². The van der Waals surface area contributed by atoms with Crippen molar-refractivity contribution in [2.24, 2.45) is 0 Å². The molecule has 0 aromatic carbocycles. The zero-order valence-corrected chi connectivity index (χ0v) is 6.78. The van der Waals surface area contributed by atoms with Crippen molar-refractivity contribution < 1.29 is 0 Å². The molecular formula is C8H7N5. The van der Waals surface area contributed by atoms with Crippen LogP contribution in [-0.4, -0.2) is 19.9 Å². The van der Waals surface area contributed by atoms with Crippen molar-refractivity contribution in [2.45, 2.75) is 6.42 Å². The maximum Gasteiger partial charge on any atom is 0.131 e. The average Bonchev–Trinajstić information content (AvgIpc) is 2.65. The lowest BCUT2D eigenvalue weighted by molar-refractivity contribution is 1.09. The molecule has 1 aliphatic rings. The first kappa shape index (κ1) is 6.59. The number of nitrogens with zero attached hydrogens (tertiary/aromatic N) is 3. The fourth-order valence-corrected chi connectivity index (χ4v) is 1.64. The topological polar surface area (TPSA) is 80.5 Å². The molecular weight excluding hydrogens is 166 g/mol. The van der Waals surface area contributed by atoms with Gasteiger partial charge in [0.25, 0.3) is 0 Å². The Hall–Kier alpha value is -1.91. The van der Waals surface area contributed by atoms with Crippen LogP contribution in [0.2, 0.25) is 0 Å². The Morgan fingerprint density at radius 1 is 1.23 bits per heavy atom. The summed E-state index contributed by atoms with van der Waals surface area (Å²) in [5, 5.41) is 0. The third-order valence-electron chi connectivity index (χ3n) is 2.27. The van der Waals surface area contributed by atoms with Gasteiger partial charge in [-0.3, -0.25) is 0 Å². The van der Waals surface area contributed by atoms with Crippen molar-refractivity contribution in [3.63, 3.8) is 0 Å². The summed E-state index contributed by atoms with van der Waals surface area (Å²) in [5.41, 5.74) is 9.54. The van der Waals surface area contributed by atoms with E-state index in [2.05, 4.69) is 19.9 Å². The van der Waals surface area contributed by atoms with Gasteiger partial charge >= 0.3 is 0 Å². The Kier molecular flexibility index (Phi) is 1.05. The molecule has 13 heavy (non-hydrogen) atoms. The number of nitrogens with two attached hydrogens (primary N) is 1. The highest BCUT2D eigenvalue weighted by Gasteiger charge is 2.24. The highest BCUT2D eigenvalue weighted by Crippen LogP contribution is 2.33. The molecule has 0 atom stereocenters. The molecule has 0 amide bonds. The van der Waals surface area contributed by atoms with Crippen LogP contribution in [0.5, 0.6) is 0 Å². The zero-order valence-electron chi connectivity index (χ0n) is 6.78. The predicted molar refractivity (Wildman–Crippen MR) is 46.8 cm³/mol. The molecule has 1 aliphatic carbocycles. The van der Waals surface area contributed by atoms with Gasteiger partial charge in [0.05, 0.1) is 12.0 Å². The minimum atomic E-state index is 0.552. The molecule has 0 unspecified atom stereocenters. The first-order valence-electron chi connectivity index (χ1n) is 3.98. The van der Waals surface area contributed by atoms with Gasteiger partial charge in [0.1, 0.15) is 17.8 Å². The van der Waals surface area contributed by atoms with E-state index in [9.17, 15) is 0 Å². The molecule has 3 N–H and O–H groups in total. The van der Waals surface area contributed by atoms with Gasteiger partial charge in [-0.15, -0.1) is 0 Å². The van der Waals surface area contributed by atoms with Crippen LogP contribution in [0.25, 0.3) is 11.4 Å². The van der Waals surface area contributed by atoms with Crippen molar-refractivity contribution in [3.8, 4) is 11.4 Å². The van der Waals surface area contributed by atoms with Crippen LogP contribution in [0.15, 0.2) is 12.7 Å². The molecule has 0 radical (unpaired) electrons. The number of H-pyrrole nitrogens is 1. The number of hydrogen-bond donors (Lipinski definition) is 2. The molecule has 0 fully saturated rings. The molecule has 5 nitrogen and oxygen atoms in total. The fourth-order valence-electron chi connectivity index (χ4n) is 1.64. The summed E-state index contributed by atoms with van der Waals surface area (Å²) in [4.78, 5) is 15.3. The molecule has 2 aromatic heterocycles. The summed E-state index contributed by atoms with van der Waals surface area (Å²) < 4.78 is 0. The van der Waals surface area contributed by atoms with E-state index in [1.807, 2.05) is 0 Å². The smallest absolute Gasteiger partial charge is 0.131 e. The van der Waals surface area contributed by atoms with Crippen LogP contribution >= 0.6 is 0 Å². The molecule has 0 aliphatic heterocycles. The summed E-state index contributed by atoms with van der Waals surface area (Å²) in [6.07, 6.45) is 3.90. The van der Waals surface area contributed by atoms with E-state index in [1.165, 1.54) is 6.33 Å². The van der Waals surface area contributed by atoms with Gasteiger partial charge in [-0.05, 0) is 0 Å². The number of nitrogens with one attached hydrogen (secondary N) is 1. The van der Waals surface area contributed by atoms with Gasteiger partial charge in [-0.25, -0.2) is 15.0 Å². The molecule has 2 heterocycles. The summed E-state index contributed by atoms with van der Waals surface area (Å²) in [5.74, 6) is 0.552. The van der Waals surface area contributed by atoms with Crippen LogP contribution in [0.4, 0.5) is 5.82 Å². The lowest BCUT2D eigenvalue weighted by atomic mass is 10.2. The number of imidazole rings is 1.